The van der Waals surface area contributed by atoms with E-state index < -0.39 is 0 Å². The fraction of sp³-hybridized carbons (Fsp3) is 0.727. The molecule has 0 aromatic carbocycles. The van der Waals surface area contributed by atoms with Gasteiger partial charge in [0.1, 0.15) is 6.26 Å². The Kier molecular flexibility index (Phi) is 4.54. The normalized spacial score (nSPS) is 16.7. The largest absolute Gasteiger partial charge is 0.432 e. The first-order valence-corrected chi connectivity index (χ1v) is 7.03. The quantitative estimate of drug-likeness (QED) is 0.795. The van der Waals surface area contributed by atoms with Gasteiger partial charge in [0, 0.05) is 31.1 Å². The molecule has 0 radical (unpaired) electrons. The maximum absolute atomic E-state index is 5.50. The highest BCUT2D eigenvalue weighted by Crippen LogP contribution is 2.18. The maximum Gasteiger partial charge on any atom is 0.297 e. The smallest absolute Gasteiger partial charge is 0.297 e. The van der Waals surface area contributed by atoms with Crippen LogP contribution in [0.5, 0.6) is 0 Å². The molecule has 2 heterocycles. The van der Waals surface area contributed by atoms with Gasteiger partial charge in [-0.05, 0) is 13.0 Å². The van der Waals surface area contributed by atoms with Crippen LogP contribution in [0, 0.1) is 0 Å². The lowest BCUT2D eigenvalue weighted by Gasteiger charge is -2.24. The molecule has 0 saturated carbocycles. The summed E-state index contributed by atoms with van der Waals surface area (Å²) >= 11 is 1.99. The van der Waals surface area contributed by atoms with Gasteiger partial charge in [0.05, 0.1) is 5.69 Å². The van der Waals surface area contributed by atoms with Crippen molar-refractivity contribution in [3.8, 4) is 0 Å². The molecule has 0 bridgehead atoms. The predicted molar refractivity (Wildman–Crippen MR) is 68.0 cm³/mol. The molecular weight excluding hydrogens is 222 g/mol. The molecule has 5 heteroatoms. The molecule has 2 rings (SSSR count). The van der Waals surface area contributed by atoms with Crippen molar-refractivity contribution >= 4 is 17.8 Å². The Morgan fingerprint density at radius 3 is 3.06 bits per heavy atom. The van der Waals surface area contributed by atoms with Crippen LogP contribution in [0.2, 0.25) is 0 Å². The van der Waals surface area contributed by atoms with E-state index in [4.69, 9.17) is 4.42 Å². The number of aromatic nitrogens is 1. The van der Waals surface area contributed by atoms with Crippen molar-refractivity contribution in [1.29, 1.82) is 0 Å². The zero-order valence-electron chi connectivity index (χ0n) is 9.74. The van der Waals surface area contributed by atoms with Crippen molar-refractivity contribution in [2.75, 3.05) is 36.0 Å². The lowest BCUT2D eigenvalue weighted by molar-refractivity contribution is 0.537. The monoisotopic (exact) mass is 241 g/mol. The first-order chi connectivity index (χ1) is 7.90. The minimum Gasteiger partial charge on any atom is -0.432 e. The van der Waals surface area contributed by atoms with Crippen molar-refractivity contribution in [2.24, 2.45) is 0 Å². The average molecular weight is 241 g/mol. The van der Waals surface area contributed by atoms with Gasteiger partial charge in [-0.3, -0.25) is 0 Å². The average Bonchev–Trinajstić information content (AvgIpc) is 2.79. The third-order valence-corrected chi connectivity index (χ3v) is 3.50. The summed E-state index contributed by atoms with van der Waals surface area (Å²) in [6.07, 6.45) is 2.91. The molecule has 1 aromatic rings. The summed E-state index contributed by atoms with van der Waals surface area (Å²) in [5.74, 6) is 2.34. The highest BCUT2D eigenvalue weighted by molar-refractivity contribution is 7.99. The van der Waals surface area contributed by atoms with Gasteiger partial charge < -0.3 is 14.6 Å². The van der Waals surface area contributed by atoms with Crippen LogP contribution in [0.15, 0.2) is 10.7 Å². The number of anilines is 1. The fourth-order valence-electron chi connectivity index (χ4n) is 1.67. The molecule has 1 fully saturated rings. The molecule has 0 spiro atoms. The van der Waals surface area contributed by atoms with Crippen LogP contribution in [-0.4, -0.2) is 36.1 Å². The van der Waals surface area contributed by atoms with E-state index in [1.807, 2.05) is 11.8 Å². The van der Waals surface area contributed by atoms with Crippen molar-refractivity contribution in [3.05, 3.63) is 12.0 Å². The van der Waals surface area contributed by atoms with Crippen LogP contribution in [-0.2, 0) is 6.54 Å². The molecule has 1 aromatic heterocycles. The van der Waals surface area contributed by atoms with E-state index in [0.29, 0.717) is 0 Å². The Labute approximate surface area is 101 Å². The Balaban J connectivity index is 1.85. The summed E-state index contributed by atoms with van der Waals surface area (Å²) in [5.41, 5.74) is 1.00. The number of thioether (sulfide) groups is 1. The molecule has 1 saturated heterocycles. The van der Waals surface area contributed by atoms with Crippen LogP contribution in [0.3, 0.4) is 0 Å². The second-order valence-corrected chi connectivity index (χ2v) is 5.12. The van der Waals surface area contributed by atoms with Crippen LogP contribution in [0.4, 0.5) is 6.01 Å². The second-order valence-electron chi connectivity index (χ2n) is 3.90. The number of nitrogens with zero attached hydrogens (tertiary/aromatic N) is 2. The van der Waals surface area contributed by atoms with Gasteiger partial charge >= 0.3 is 0 Å². The maximum atomic E-state index is 5.50. The SMILES string of the molecule is CCCNCc1coc(N2CCSCC2)n1. The highest BCUT2D eigenvalue weighted by atomic mass is 32.2. The lowest BCUT2D eigenvalue weighted by atomic mass is 10.4. The van der Waals surface area contributed by atoms with Crippen molar-refractivity contribution < 1.29 is 4.42 Å². The lowest BCUT2D eigenvalue weighted by Crippen LogP contribution is -2.32. The van der Waals surface area contributed by atoms with E-state index in [9.17, 15) is 0 Å². The number of nitrogens with one attached hydrogen (secondary N) is 1. The number of oxazole rings is 1. The van der Waals surface area contributed by atoms with E-state index in [-0.39, 0.29) is 0 Å². The molecule has 4 nitrogen and oxygen atoms in total. The fourth-order valence-corrected chi connectivity index (χ4v) is 2.57. The number of hydrogen-bond donors (Lipinski definition) is 1. The Hall–Kier alpha value is -0.680. The zero-order valence-corrected chi connectivity index (χ0v) is 10.6. The minimum absolute atomic E-state index is 0.786. The van der Waals surface area contributed by atoms with Gasteiger partial charge in [-0.1, -0.05) is 6.92 Å². The highest BCUT2D eigenvalue weighted by Gasteiger charge is 2.15. The third-order valence-electron chi connectivity index (χ3n) is 2.55. The summed E-state index contributed by atoms with van der Waals surface area (Å²) < 4.78 is 5.50. The molecule has 1 aliphatic heterocycles. The molecular formula is C11H19N3OS. The van der Waals surface area contributed by atoms with Crippen LogP contribution < -0.4 is 10.2 Å². The van der Waals surface area contributed by atoms with E-state index in [2.05, 4.69) is 22.1 Å². The van der Waals surface area contributed by atoms with Crippen molar-refractivity contribution in [1.82, 2.24) is 10.3 Å². The molecule has 0 aliphatic carbocycles. The van der Waals surface area contributed by atoms with E-state index in [0.717, 1.165) is 44.3 Å². The van der Waals surface area contributed by atoms with Gasteiger partial charge in [-0.25, -0.2) is 0 Å². The predicted octanol–water partition coefficient (Wildman–Crippen LogP) is 1.73. The summed E-state index contributed by atoms with van der Waals surface area (Å²) in [7, 11) is 0. The van der Waals surface area contributed by atoms with Gasteiger partial charge in [-0.2, -0.15) is 16.7 Å². The summed E-state index contributed by atoms with van der Waals surface area (Å²) in [6, 6.07) is 0.786. The van der Waals surface area contributed by atoms with Crippen molar-refractivity contribution in [3.63, 3.8) is 0 Å². The molecule has 16 heavy (non-hydrogen) atoms. The van der Waals surface area contributed by atoms with Gasteiger partial charge in [0.15, 0.2) is 0 Å². The first-order valence-electron chi connectivity index (χ1n) is 5.88. The first kappa shape index (κ1) is 11.8. The van der Waals surface area contributed by atoms with Crippen LogP contribution in [0.1, 0.15) is 19.0 Å². The van der Waals surface area contributed by atoms with Gasteiger partial charge in [0.2, 0.25) is 0 Å². The molecule has 0 atom stereocenters. The molecule has 90 valence electrons. The number of hydrogen-bond acceptors (Lipinski definition) is 5. The summed E-state index contributed by atoms with van der Waals surface area (Å²) in [5, 5.41) is 3.32. The summed E-state index contributed by atoms with van der Waals surface area (Å²) in [6.45, 7) is 6.09. The van der Waals surface area contributed by atoms with E-state index in [1.54, 1.807) is 6.26 Å². The standard InChI is InChI=1S/C11H19N3OS/c1-2-3-12-8-10-9-15-11(13-10)14-4-6-16-7-5-14/h9,12H,2-8H2,1H3. The van der Waals surface area contributed by atoms with Crippen LogP contribution >= 0.6 is 11.8 Å². The molecule has 1 N–H and O–H groups in total. The second kappa shape index (κ2) is 6.15. The van der Waals surface area contributed by atoms with E-state index in [1.165, 1.54) is 11.5 Å². The van der Waals surface area contributed by atoms with Crippen molar-refractivity contribution in [2.45, 2.75) is 19.9 Å². The molecule has 0 unspecified atom stereocenters. The van der Waals surface area contributed by atoms with E-state index >= 15 is 0 Å². The zero-order chi connectivity index (χ0) is 11.2. The van der Waals surface area contributed by atoms with Gasteiger partial charge in [0.25, 0.3) is 6.01 Å². The topological polar surface area (TPSA) is 41.3 Å². The van der Waals surface area contributed by atoms with Crippen LogP contribution in [0.25, 0.3) is 0 Å². The number of rotatable bonds is 5. The minimum atomic E-state index is 0.786. The Bertz CT molecular complexity index is 310. The third kappa shape index (κ3) is 3.15. The molecule has 0 amide bonds. The summed E-state index contributed by atoms with van der Waals surface area (Å²) in [4.78, 5) is 6.72. The Morgan fingerprint density at radius 2 is 2.31 bits per heavy atom. The van der Waals surface area contributed by atoms with Gasteiger partial charge in [-0.15, -0.1) is 0 Å². The Morgan fingerprint density at radius 1 is 1.50 bits per heavy atom. The molecule has 1 aliphatic rings.